The van der Waals surface area contributed by atoms with Crippen LogP contribution < -0.4 is 14.7 Å². The monoisotopic (exact) mass is 424 g/mol. The first kappa shape index (κ1) is 20.3. The molecule has 1 atom stereocenters. The maximum absolute atomic E-state index is 14.9. The Balaban J connectivity index is 2.04. The first-order valence-corrected chi connectivity index (χ1v) is 10.8. The van der Waals surface area contributed by atoms with Crippen molar-refractivity contribution in [3.8, 4) is 17.1 Å². The first-order valence-electron chi connectivity index (χ1n) is 9.86. The lowest BCUT2D eigenvalue weighted by Crippen LogP contribution is -2.59. The Morgan fingerprint density at radius 1 is 1.20 bits per heavy atom. The second-order valence-electron chi connectivity index (χ2n) is 6.87. The number of carbonyl (C=O) groups is 1. The molecule has 0 spiro atoms. The second kappa shape index (κ2) is 8.39. The van der Waals surface area contributed by atoms with Crippen LogP contribution in [0.25, 0.3) is 11.3 Å². The predicted octanol–water partition coefficient (Wildman–Crippen LogP) is 3.45. The molecular formula is C22H21FN4O2S. The van der Waals surface area contributed by atoms with Gasteiger partial charge in [-0.25, -0.2) is 14.3 Å². The van der Waals surface area contributed by atoms with Gasteiger partial charge in [-0.1, -0.05) is 54.6 Å². The highest BCUT2D eigenvalue weighted by Gasteiger charge is 2.45. The van der Waals surface area contributed by atoms with Gasteiger partial charge in [0, 0.05) is 17.3 Å². The standard InChI is InChI=1S/C22H21FN4O2S/c1-3-13-30-22-24-20(29)19-15-10-6-8-12-17(15)26(18(28)4-2)21(27(19)25-22)14-9-5-7-11-16(14)23/h5-12,21H,3-4,13H2,1-2H3. The Bertz CT molecular complexity index is 1110. The third-order valence-corrected chi connectivity index (χ3v) is 5.95. The highest BCUT2D eigenvalue weighted by Crippen LogP contribution is 2.41. The molecule has 1 unspecified atom stereocenters. The highest BCUT2D eigenvalue weighted by atomic mass is 32.2. The van der Waals surface area contributed by atoms with E-state index in [1.807, 2.05) is 6.92 Å². The molecule has 30 heavy (non-hydrogen) atoms. The van der Waals surface area contributed by atoms with Gasteiger partial charge >= 0.3 is 0 Å². The molecule has 0 saturated heterocycles. The maximum Gasteiger partial charge on any atom is 0.295 e. The molecular weight excluding hydrogens is 403 g/mol. The summed E-state index contributed by atoms with van der Waals surface area (Å²) in [5.74, 6) is -0.358. The van der Waals surface area contributed by atoms with E-state index >= 15 is 0 Å². The van der Waals surface area contributed by atoms with Crippen LogP contribution >= 0.6 is 11.8 Å². The Morgan fingerprint density at radius 2 is 1.93 bits per heavy atom. The number of nitrogens with zero attached hydrogens (tertiary/aromatic N) is 4. The Morgan fingerprint density at radius 3 is 2.67 bits per heavy atom. The molecule has 1 aromatic heterocycles. The largest absolute Gasteiger partial charge is 0.854 e. The third kappa shape index (κ3) is 3.41. The van der Waals surface area contributed by atoms with Gasteiger partial charge in [0.15, 0.2) is 0 Å². The lowest BCUT2D eigenvalue weighted by Gasteiger charge is -2.33. The number of hydrogen-bond donors (Lipinski definition) is 0. The molecule has 1 aliphatic heterocycles. The summed E-state index contributed by atoms with van der Waals surface area (Å²) in [5.41, 5.74) is 1.63. The lowest BCUT2D eigenvalue weighted by molar-refractivity contribution is -0.764. The van der Waals surface area contributed by atoms with E-state index in [2.05, 4.69) is 10.1 Å². The number of halogens is 1. The van der Waals surface area contributed by atoms with E-state index in [-0.39, 0.29) is 23.6 Å². The van der Waals surface area contributed by atoms with Crippen molar-refractivity contribution in [2.75, 3.05) is 10.7 Å². The summed E-state index contributed by atoms with van der Waals surface area (Å²) in [6, 6.07) is 13.4. The number of amides is 1. The number of anilines is 1. The number of thioether (sulfide) groups is 1. The van der Waals surface area contributed by atoms with Crippen LogP contribution in [-0.4, -0.2) is 21.7 Å². The molecule has 3 aromatic rings. The SMILES string of the molecule is CCCSc1nc([O-])c2[n+](n1)C(c1ccccc1F)N(C(=O)CC)c1ccccc1-2. The number of fused-ring (bicyclic) bond motifs is 3. The van der Waals surface area contributed by atoms with E-state index < -0.39 is 17.9 Å². The fraction of sp³-hybridized carbons (Fsp3) is 0.273. The van der Waals surface area contributed by atoms with Crippen molar-refractivity contribution in [3.05, 3.63) is 59.9 Å². The average Bonchev–Trinajstić information content (AvgIpc) is 2.76. The van der Waals surface area contributed by atoms with Crippen molar-refractivity contribution in [1.82, 2.24) is 10.1 Å². The Hall–Kier alpha value is -3.00. The van der Waals surface area contributed by atoms with Gasteiger partial charge in [0.1, 0.15) is 5.82 Å². The number of carbonyl (C=O) groups excluding carboxylic acids is 1. The third-order valence-electron chi connectivity index (χ3n) is 4.91. The molecule has 8 heteroatoms. The quantitative estimate of drug-likeness (QED) is 0.463. The first-order chi connectivity index (χ1) is 14.6. The summed E-state index contributed by atoms with van der Waals surface area (Å²) in [4.78, 5) is 18.7. The van der Waals surface area contributed by atoms with Crippen LogP contribution in [0, 0.1) is 5.82 Å². The van der Waals surface area contributed by atoms with Gasteiger partial charge in [-0.3, -0.25) is 4.79 Å². The van der Waals surface area contributed by atoms with Crippen molar-refractivity contribution in [2.24, 2.45) is 0 Å². The van der Waals surface area contributed by atoms with Gasteiger partial charge in [-0.05, 0) is 30.7 Å². The molecule has 154 valence electrons. The minimum absolute atomic E-state index is 0.192. The van der Waals surface area contributed by atoms with Gasteiger partial charge in [0.25, 0.3) is 17.0 Å². The molecule has 0 aliphatic carbocycles. The molecule has 1 aliphatic rings. The van der Waals surface area contributed by atoms with Gasteiger partial charge in [-0.2, -0.15) is 0 Å². The van der Waals surface area contributed by atoms with Gasteiger partial charge in [-0.15, -0.1) is 0 Å². The molecule has 0 saturated carbocycles. The van der Waals surface area contributed by atoms with Crippen LogP contribution in [0.4, 0.5) is 10.1 Å². The van der Waals surface area contributed by atoms with Gasteiger partial charge < -0.3 is 5.11 Å². The van der Waals surface area contributed by atoms with E-state index in [1.165, 1.54) is 27.4 Å². The molecule has 2 heterocycles. The summed E-state index contributed by atoms with van der Waals surface area (Å²) in [6.07, 6.45) is 0.201. The van der Waals surface area contributed by atoms with Crippen molar-refractivity contribution >= 4 is 23.4 Å². The molecule has 0 bridgehead atoms. The lowest BCUT2D eigenvalue weighted by atomic mass is 10.0. The number of rotatable bonds is 5. The smallest absolute Gasteiger partial charge is 0.295 e. The Kier molecular flexibility index (Phi) is 5.67. The zero-order chi connectivity index (χ0) is 21.3. The minimum atomic E-state index is -0.916. The normalized spacial score (nSPS) is 14.9. The minimum Gasteiger partial charge on any atom is -0.854 e. The molecule has 1 amide bonds. The van der Waals surface area contributed by atoms with E-state index in [0.29, 0.717) is 16.4 Å². The molecule has 6 nitrogen and oxygen atoms in total. The predicted molar refractivity (Wildman–Crippen MR) is 110 cm³/mol. The molecule has 4 rings (SSSR count). The van der Waals surface area contributed by atoms with Gasteiger partial charge in [0.05, 0.1) is 22.7 Å². The van der Waals surface area contributed by atoms with E-state index in [9.17, 15) is 14.3 Å². The van der Waals surface area contributed by atoms with Crippen LogP contribution in [0.1, 0.15) is 38.4 Å². The summed E-state index contributed by atoms with van der Waals surface area (Å²) < 4.78 is 16.4. The van der Waals surface area contributed by atoms with Crippen LogP contribution in [0.15, 0.2) is 53.7 Å². The molecule has 2 aromatic carbocycles. The number of hydrogen-bond acceptors (Lipinski definition) is 5. The second-order valence-corrected chi connectivity index (χ2v) is 7.93. The van der Waals surface area contributed by atoms with Crippen LogP contribution in [0.5, 0.6) is 5.88 Å². The van der Waals surface area contributed by atoms with Crippen LogP contribution in [-0.2, 0) is 4.79 Å². The molecule has 0 N–H and O–H groups in total. The zero-order valence-electron chi connectivity index (χ0n) is 16.7. The summed E-state index contributed by atoms with van der Waals surface area (Å²) in [5, 5.41) is 17.9. The topological polar surface area (TPSA) is 73.0 Å². The molecule has 0 fully saturated rings. The van der Waals surface area contributed by atoms with E-state index in [0.717, 1.165) is 12.2 Å². The van der Waals surface area contributed by atoms with Crippen LogP contribution in [0.3, 0.4) is 0 Å². The average molecular weight is 425 g/mol. The zero-order valence-corrected chi connectivity index (χ0v) is 17.5. The van der Waals surface area contributed by atoms with Crippen molar-refractivity contribution in [3.63, 3.8) is 0 Å². The summed E-state index contributed by atoms with van der Waals surface area (Å²) in [6.45, 7) is 3.78. The van der Waals surface area contributed by atoms with Crippen molar-refractivity contribution in [2.45, 2.75) is 38.0 Å². The van der Waals surface area contributed by atoms with E-state index in [1.54, 1.807) is 49.4 Å². The maximum atomic E-state index is 14.9. The van der Waals surface area contributed by atoms with Gasteiger partial charge in [0.2, 0.25) is 5.91 Å². The number of para-hydroxylation sites is 1. The van der Waals surface area contributed by atoms with Crippen LogP contribution in [0.2, 0.25) is 0 Å². The Labute approximate surface area is 178 Å². The van der Waals surface area contributed by atoms with E-state index in [4.69, 9.17) is 0 Å². The van der Waals surface area contributed by atoms with Crippen molar-refractivity contribution in [1.29, 1.82) is 0 Å². The summed E-state index contributed by atoms with van der Waals surface area (Å²) >= 11 is 1.37. The number of benzene rings is 2. The summed E-state index contributed by atoms with van der Waals surface area (Å²) in [7, 11) is 0. The molecule has 0 radical (unpaired) electrons. The highest BCUT2D eigenvalue weighted by molar-refractivity contribution is 7.99. The fourth-order valence-corrected chi connectivity index (χ4v) is 4.27. The van der Waals surface area contributed by atoms with Crippen molar-refractivity contribution < 1.29 is 19.0 Å². The number of aromatic nitrogens is 3. The fourth-order valence-electron chi connectivity index (χ4n) is 3.59.